The highest BCUT2D eigenvalue weighted by molar-refractivity contribution is 5.22. The van der Waals surface area contributed by atoms with Crippen molar-refractivity contribution < 1.29 is 33.5 Å². The highest BCUT2D eigenvalue weighted by Gasteiger charge is 2.79. The van der Waals surface area contributed by atoms with E-state index in [2.05, 4.69) is 0 Å². The Kier molecular flexibility index (Phi) is 3.43. The third-order valence-electron chi connectivity index (χ3n) is 4.76. The van der Waals surface area contributed by atoms with Gasteiger partial charge in [-0.3, -0.25) is 0 Å². The number of hydrogen-bond donors (Lipinski definition) is 1. The number of aliphatic hydroxyl groups is 1. The lowest BCUT2D eigenvalue weighted by molar-refractivity contribution is -0.396. The minimum Gasteiger partial charge on any atom is -0.388 e. The minimum absolute atomic E-state index is 0.0825. The lowest BCUT2D eigenvalue weighted by atomic mass is 9.73. The molecule has 0 aromatic heterocycles. The second kappa shape index (κ2) is 4.61. The lowest BCUT2D eigenvalue weighted by Crippen LogP contribution is -2.77. The average Bonchev–Trinajstić information content (AvgIpc) is 3.09. The molecule has 21 heavy (non-hydrogen) atoms. The summed E-state index contributed by atoms with van der Waals surface area (Å²) in [5, 5.41) is 10.3. The molecule has 0 aromatic carbocycles. The zero-order valence-corrected chi connectivity index (χ0v) is 13.2. The molecule has 1 unspecified atom stereocenters. The first-order valence-electron chi connectivity index (χ1n) is 7.14. The molecule has 122 valence electrons. The second-order valence-corrected chi connectivity index (χ2v) is 6.54. The maximum Gasteiger partial charge on any atom is 0.230 e. The molecule has 3 fully saturated rings. The third kappa shape index (κ3) is 1.92. The van der Waals surface area contributed by atoms with E-state index in [1.54, 1.807) is 7.11 Å². The Morgan fingerprint density at radius 2 is 1.71 bits per heavy atom. The summed E-state index contributed by atoms with van der Waals surface area (Å²) < 4.78 is 34.8. The summed E-state index contributed by atoms with van der Waals surface area (Å²) in [6.45, 7) is 6.27. The molecule has 3 aliphatic heterocycles. The fourth-order valence-corrected chi connectivity index (χ4v) is 3.72. The van der Waals surface area contributed by atoms with E-state index in [0.29, 0.717) is 6.61 Å². The van der Waals surface area contributed by atoms with Gasteiger partial charge in [-0.2, -0.15) is 0 Å². The molecule has 7 nitrogen and oxygen atoms in total. The normalized spacial score (nSPS) is 52.3. The van der Waals surface area contributed by atoms with Crippen LogP contribution in [0.5, 0.6) is 0 Å². The summed E-state index contributed by atoms with van der Waals surface area (Å²) in [6.07, 6.45) is -1.49. The van der Waals surface area contributed by atoms with E-state index in [9.17, 15) is 5.11 Å². The van der Waals surface area contributed by atoms with Gasteiger partial charge in [0.05, 0.1) is 13.2 Å². The summed E-state index contributed by atoms with van der Waals surface area (Å²) in [5.41, 5.74) is -1.80. The zero-order chi connectivity index (χ0) is 15.5. The lowest BCUT2D eigenvalue weighted by Gasteiger charge is -2.55. The standard InChI is InChI=1S/C14H24O7/c1-11(2)19-8-13(21-11)14(17-5,12(3)7-20-12)10(16-4)9(15)6-18-13/h9-10,15H,6-8H2,1-5H3/t9-,10-,12?,13+,14+/m1/s1. The van der Waals surface area contributed by atoms with Gasteiger partial charge in [0.1, 0.15) is 24.4 Å². The van der Waals surface area contributed by atoms with Crippen molar-refractivity contribution in [3.05, 3.63) is 0 Å². The monoisotopic (exact) mass is 304 g/mol. The van der Waals surface area contributed by atoms with Gasteiger partial charge in [0.2, 0.25) is 5.79 Å². The van der Waals surface area contributed by atoms with Gasteiger partial charge in [0.25, 0.3) is 0 Å². The van der Waals surface area contributed by atoms with Crippen molar-refractivity contribution in [3.8, 4) is 0 Å². The number of epoxide rings is 1. The average molecular weight is 304 g/mol. The summed E-state index contributed by atoms with van der Waals surface area (Å²) in [6, 6.07) is 0. The van der Waals surface area contributed by atoms with E-state index in [4.69, 9.17) is 28.4 Å². The highest BCUT2D eigenvalue weighted by Crippen LogP contribution is 2.56. The summed E-state index contributed by atoms with van der Waals surface area (Å²) in [5.74, 6) is -1.99. The van der Waals surface area contributed by atoms with Crippen molar-refractivity contribution in [2.75, 3.05) is 34.0 Å². The van der Waals surface area contributed by atoms with Gasteiger partial charge >= 0.3 is 0 Å². The van der Waals surface area contributed by atoms with Gasteiger partial charge in [0, 0.05) is 14.2 Å². The molecule has 0 saturated carbocycles. The Morgan fingerprint density at radius 3 is 2.14 bits per heavy atom. The first-order chi connectivity index (χ1) is 9.76. The number of methoxy groups -OCH3 is 2. The van der Waals surface area contributed by atoms with Gasteiger partial charge in [-0.25, -0.2) is 0 Å². The van der Waals surface area contributed by atoms with Crippen LogP contribution in [0.2, 0.25) is 0 Å². The second-order valence-electron chi connectivity index (χ2n) is 6.54. The van der Waals surface area contributed by atoms with Crippen LogP contribution in [0.4, 0.5) is 0 Å². The van der Waals surface area contributed by atoms with Gasteiger partial charge < -0.3 is 33.5 Å². The van der Waals surface area contributed by atoms with Crippen molar-refractivity contribution in [1.29, 1.82) is 0 Å². The minimum atomic E-state index is -1.18. The number of rotatable bonds is 3. The van der Waals surface area contributed by atoms with Gasteiger partial charge in [-0.15, -0.1) is 0 Å². The predicted octanol–water partition coefficient (Wildman–Crippen LogP) is 0.0458. The van der Waals surface area contributed by atoms with Crippen LogP contribution in [-0.4, -0.2) is 74.1 Å². The van der Waals surface area contributed by atoms with E-state index in [1.165, 1.54) is 7.11 Å². The van der Waals surface area contributed by atoms with E-state index in [0.717, 1.165) is 0 Å². The SMILES string of the molecule is CO[C@@H]1[C@H](O)CO[C@]2(COC(C)(C)O2)[C@@]1(OC)C1(C)CO1. The fraction of sp³-hybridized carbons (Fsp3) is 1.00. The van der Waals surface area contributed by atoms with E-state index >= 15 is 0 Å². The summed E-state index contributed by atoms with van der Waals surface area (Å²) in [7, 11) is 3.09. The molecule has 3 rings (SSSR count). The molecular weight excluding hydrogens is 280 g/mol. The number of ether oxygens (including phenoxy) is 6. The van der Waals surface area contributed by atoms with Crippen molar-refractivity contribution >= 4 is 0 Å². The molecule has 1 N–H and O–H groups in total. The first kappa shape index (κ1) is 15.6. The molecule has 0 radical (unpaired) electrons. The zero-order valence-electron chi connectivity index (χ0n) is 13.2. The maximum absolute atomic E-state index is 10.3. The predicted molar refractivity (Wildman–Crippen MR) is 70.7 cm³/mol. The Labute approximate surface area is 124 Å². The Balaban J connectivity index is 2.10. The van der Waals surface area contributed by atoms with Crippen molar-refractivity contribution in [2.45, 2.75) is 55.8 Å². The number of hydrogen-bond acceptors (Lipinski definition) is 7. The van der Waals surface area contributed by atoms with E-state index < -0.39 is 35.0 Å². The molecule has 3 saturated heterocycles. The quantitative estimate of drug-likeness (QED) is 0.738. The van der Waals surface area contributed by atoms with Crippen molar-refractivity contribution in [3.63, 3.8) is 0 Å². The van der Waals surface area contributed by atoms with Crippen LogP contribution >= 0.6 is 0 Å². The van der Waals surface area contributed by atoms with Crippen LogP contribution in [-0.2, 0) is 28.4 Å². The third-order valence-corrected chi connectivity index (χ3v) is 4.76. The van der Waals surface area contributed by atoms with E-state index in [-0.39, 0.29) is 13.2 Å². The van der Waals surface area contributed by atoms with Crippen LogP contribution in [0.15, 0.2) is 0 Å². The Morgan fingerprint density at radius 1 is 1.05 bits per heavy atom. The summed E-state index contributed by atoms with van der Waals surface area (Å²) >= 11 is 0. The molecule has 3 aliphatic rings. The van der Waals surface area contributed by atoms with Crippen LogP contribution in [0, 0.1) is 0 Å². The van der Waals surface area contributed by atoms with Crippen LogP contribution < -0.4 is 0 Å². The van der Waals surface area contributed by atoms with Crippen LogP contribution in [0.3, 0.4) is 0 Å². The van der Waals surface area contributed by atoms with Gasteiger partial charge in [0.15, 0.2) is 11.4 Å². The van der Waals surface area contributed by atoms with Crippen molar-refractivity contribution in [2.24, 2.45) is 0 Å². The Hall–Kier alpha value is -0.280. The molecule has 3 heterocycles. The maximum atomic E-state index is 10.3. The largest absolute Gasteiger partial charge is 0.388 e. The molecule has 0 bridgehead atoms. The Bertz CT molecular complexity index is 422. The molecular formula is C14H24O7. The molecule has 0 aromatic rings. The summed E-state index contributed by atoms with van der Waals surface area (Å²) in [4.78, 5) is 0. The fourth-order valence-electron chi connectivity index (χ4n) is 3.72. The van der Waals surface area contributed by atoms with E-state index in [1.807, 2.05) is 20.8 Å². The molecule has 0 aliphatic carbocycles. The molecule has 1 spiro atoms. The van der Waals surface area contributed by atoms with Crippen molar-refractivity contribution in [1.82, 2.24) is 0 Å². The van der Waals surface area contributed by atoms with Crippen LogP contribution in [0.1, 0.15) is 20.8 Å². The first-order valence-corrected chi connectivity index (χ1v) is 7.14. The van der Waals surface area contributed by atoms with Gasteiger partial charge in [-0.05, 0) is 20.8 Å². The molecule has 7 heteroatoms. The highest BCUT2D eigenvalue weighted by atomic mass is 16.9. The topological polar surface area (TPSA) is 78.9 Å². The number of aliphatic hydroxyl groups excluding tert-OH is 1. The molecule has 0 amide bonds. The van der Waals surface area contributed by atoms with Crippen LogP contribution in [0.25, 0.3) is 0 Å². The molecule has 5 atom stereocenters. The van der Waals surface area contributed by atoms with Gasteiger partial charge in [-0.1, -0.05) is 0 Å². The smallest absolute Gasteiger partial charge is 0.230 e.